The number of hydrogen-bond acceptors (Lipinski definition) is 4. The summed E-state index contributed by atoms with van der Waals surface area (Å²) in [6, 6.07) is 16.1. The van der Waals surface area contributed by atoms with E-state index in [1.165, 1.54) is 0 Å². The lowest BCUT2D eigenvalue weighted by molar-refractivity contribution is -0.135. The van der Waals surface area contributed by atoms with Gasteiger partial charge in [0.1, 0.15) is 12.1 Å². The Bertz CT molecular complexity index is 1110. The van der Waals surface area contributed by atoms with E-state index in [1.54, 1.807) is 29.2 Å². The number of benzene rings is 2. The first kappa shape index (κ1) is 25.4. The standard InChI is InChI=1S/C28H34N4O4/c1-3-20-14-16-28(17-15-20)26(35)32(27(36)30-28)19-24(33)29-22-12-10-21(11-13-22)18-25(34)31(4-2)23-8-6-5-7-9-23/h5-13,20H,3-4,14-19H2,1-2H3,(H,29,33)(H,30,36). The predicted molar refractivity (Wildman–Crippen MR) is 138 cm³/mol. The van der Waals surface area contributed by atoms with Crippen LogP contribution in [0.5, 0.6) is 0 Å². The minimum absolute atomic E-state index is 0.0130. The van der Waals surface area contributed by atoms with E-state index in [4.69, 9.17) is 0 Å². The molecule has 5 amide bonds. The maximum atomic E-state index is 13.0. The Balaban J connectivity index is 1.32. The monoisotopic (exact) mass is 490 g/mol. The van der Waals surface area contributed by atoms with Crippen LogP contribution in [0.25, 0.3) is 0 Å². The van der Waals surface area contributed by atoms with Gasteiger partial charge in [-0.1, -0.05) is 43.7 Å². The van der Waals surface area contributed by atoms with Crippen molar-refractivity contribution in [2.45, 2.75) is 57.9 Å². The minimum atomic E-state index is -0.858. The zero-order chi connectivity index (χ0) is 25.7. The summed E-state index contributed by atoms with van der Waals surface area (Å²) in [5.74, 6) is -0.173. The third-order valence-corrected chi connectivity index (χ3v) is 7.36. The maximum absolute atomic E-state index is 13.0. The van der Waals surface area contributed by atoms with Crippen molar-refractivity contribution in [1.82, 2.24) is 10.2 Å². The molecule has 2 fully saturated rings. The molecular formula is C28H34N4O4. The topological polar surface area (TPSA) is 98.8 Å². The number of imide groups is 1. The molecule has 190 valence electrons. The van der Waals surface area contributed by atoms with Gasteiger partial charge < -0.3 is 15.5 Å². The first-order chi connectivity index (χ1) is 17.3. The van der Waals surface area contributed by atoms with E-state index in [0.717, 1.165) is 35.4 Å². The third-order valence-electron chi connectivity index (χ3n) is 7.36. The predicted octanol–water partition coefficient (Wildman–Crippen LogP) is 4.11. The summed E-state index contributed by atoms with van der Waals surface area (Å²) in [4.78, 5) is 53.7. The molecule has 2 aromatic rings. The fourth-order valence-electron chi connectivity index (χ4n) is 5.17. The molecule has 2 N–H and O–H groups in total. The molecule has 8 nitrogen and oxygen atoms in total. The van der Waals surface area contributed by atoms with Crippen LogP contribution < -0.4 is 15.5 Å². The van der Waals surface area contributed by atoms with Crippen LogP contribution in [0.4, 0.5) is 16.2 Å². The molecule has 2 aromatic carbocycles. The Morgan fingerprint density at radius 2 is 1.69 bits per heavy atom. The summed E-state index contributed by atoms with van der Waals surface area (Å²) in [5.41, 5.74) is 1.36. The van der Waals surface area contributed by atoms with Gasteiger partial charge in [0.15, 0.2) is 0 Å². The largest absolute Gasteiger partial charge is 0.325 e. The number of amides is 5. The SMILES string of the molecule is CCC1CCC2(CC1)NC(=O)N(CC(=O)Nc1ccc(CC(=O)N(CC)c3ccccc3)cc1)C2=O. The molecule has 1 spiro atoms. The van der Waals surface area contributed by atoms with Crippen LogP contribution >= 0.6 is 0 Å². The number of anilines is 2. The molecule has 1 saturated heterocycles. The summed E-state index contributed by atoms with van der Waals surface area (Å²) >= 11 is 0. The van der Waals surface area contributed by atoms with Gasteiger partial charge in [-0.3, -0.25) is 19.3 Å². The van der Waals surface area contributed by atoms with Gasteiger partial charge >= 0.3 is 6.03 Å². The van der Waals surface area contributed by atoms with Crippen LogP contribution in [0.2, 0.25) is 0 Å². The fraction of sp³-hybridized carbons (Fsp3) is 0.429. The molecule has 8 heteroatoms. The second-order valence-electron chi connectivity index (χ2n) is 9.65. The third kappa shape index (κ3) is 5.42. The normalized spacial score (nSPS) is 21.4. The molecular weight excluding hydrogens is 456 g/mol. The van der Waals surface area contributed by atoms with Crippen LogP contribution in [-0.2, 0) is 20.8 Å². The Hall–Kier alpha value is -3.68. The zero-order valence-electron chi connectivity index (χ0n) is 21.0. The first-order valence-electron chi connectivity index (χ1n) is 12.7. The van der Waals surface area contributed by atoms with Gasteiger partial charge in [0.2, 0.25) is 11.8 Å². The van der Waals surface area contributed by atoms with Crippen molar-refractivity contribution < 1.29 is 19.2 Å². The van der Waals surface area contributed by atoms with Gasteiger partial charge in [0.05, 0.1) is 6.42 Å². The lowest BCUT2D eigenvalue weighted by atomic mass is 9.75. The Kier molecular flexibility index (Phi) is 7.72. The lowest BCUT2D eigenvalue weighted by Gasteiger charge is -2.34. The van der Waals surface area contributed by atoms with Gasteiger partial charge in [-0.15, -0.1) is 0 Å². The van der Waals surface area contributed by atoms with Gasteiger partial charge in [-0.25, -0.2) is 4.79 Å². The number of rotatable bonds is 8. The number of carbonyl (C=O) groups excluding carboxylic acids is 4. The van der Waals surface area contributed by atoms with E-state index < -0.39 is 17.5 Å². The van der Waals surface area contributed by atoms with Crippen LogP contribution in [0.15, 0.2) is 54.6 Å². The number of para-hydroxylation sites is 1. The molecule has 0 aromatic heterocycles. The van der Waals surface area contributed by atoms with Crippen molar-refractivity contribution in [1.29, 1.82) is 0 Å². The van der Waals surface area contributed by atoms with Gasteiger partial charge in [0.25, 0.3) is 5.91 Å². The van der Waals surface area contributed by atoms with Gasteiger partial charge in [-0.2, -0.15) is 0 Å². The van der Waals surface area contributed by atoms with Crippen LogP contribution in [0.1, 0.15) is 51.5 Å². The average Bonchev–Trinajstić information content (AvgIpc) is 3.10. The quantitative estimate of drug-likeness (QED) is 0.544. The summed E-state index contributed by atoms with van der Waals surface area (Å²) in [6.45, 7) is 4.32. The minimum Gasteiger partial charge on any atom is -0.325 e. The van der Waals surface area contributed by atoms with Gasteiger partial charge in [0, 0.05) is 17.9 Å². The van der Waals surface area contributed by atoms with Crippen molar-refractivity contribution in [2.24, 2.45) is 5.92 Å². The van der Waals surface area contributed by atoms with E-state index in [-0.39, 0.29) is 24.8 Å². The fourth-order valence-corrected chi connectivity index (χ4v) is 5.17. The highest BCUT2D eigenvalue weighted by Crippen LogP contribution is 2.37. The zero-order valence-corrected chi connectivity index (χ0v) is 21.0. The molecule has 36 heavy (non-hydrogen) atoms. The van der Waals surface area contributed by atoms with Crippen molar-refractivity contribution in [3.63, 3.8) is 0 Å². The van der Waals surface area contributed by atoms with E-state index in [2.05, 4.69) is 17.6 Å². The Morgan fingerprint density at radius 1 is 1.03 bits per heavy atom. The summed E-state index contributed by atoms with van der Waals surface area (Å²) in [7, 11) is 0. The number of nitrogens with one attached hydrogen (secondary N) is 2. The molecule has 0 radical (unpaired) electrons. The number of likely N-dealkylation sites (N-methyl/N-ethyl adjacent to an activating group) is 1. The molecule has 1 saturated carbocycles. The molecule has 2 aliphatic rings. The second kappa shape index (κ2) is 10.9. The number of carbonyl (C=O) groups is 4. The molecule has 1 heterocycles. The Labute approximate surface area is 212 Å². The van der Waals surface area contributed by atoms with Crippen molar-refractivity contribution in [2.75, 3.05) is 23.3 Å². The molecule has 1 aliphatic heterocycles. The maximum Gasteiger partial charge on any atom is 0.325 e. The highest BCUT2D eigenvalue weighted by molar-refractivity contribution is 6.10. The number of urea groups is 1. The number of nitrogens with zero attached hydrogens (tertiary/aromatic N) is 2. The van der Waals surface area contributed by atoms with Crippen molar-refractivity contribution >= 4 is 35.1 Å². The molecule has 0 unspecified atom stereocenters. The summed E-state index contributed by atoms with van der Waals surface area (Å²) < 4.78 is 0. The van der Waals surface area contributed by atoms with Crippen LogP contribution in [0.3, 0.4) is 0 Å². The molecule has 1 aliphatic carbocycles. The molecule has 0 bridgehead atoms. The molecule has 0 atom stereocenters. The van der Waals surface area contributed by atoms with E-state index in [9.17, 15) is 19.2 Å². The first-order valence-corrected chi connectivity index (χ1v) is 12.7. The van der Waals surface area contributed by atoms with E-state index in [0.29, 0.717) is 31.0 Å². The highest BCUT2D eigenvalue weighted by atomic mass is 16.2. The van der Waals surface area contributed by atoms with Crippen molar-refractivity contribution in [3.8, 4) is 0 Å². The molecule has 4 rings (SSSR count). The Morgan fingerprint density at radius 3 is 2.31 bits per heavy atom. The average molecular weight is 491 g/mol. The smallest absolute Gasteiger partial charge is 0.325 e. The lowest BCUT2D eigenvalue weighted by Crippen LogP contribution is -2.49. The summed E-state index contributed by atoms with van der Waals surface area (Å²) in [5, 5.41) is 5.61. The van der Waals surface area contributed by atoms with Crippen molar-refractivity contribution in [3.05, 3.63) is 60.2 Å². The van der Waals surface area contributed by atoms with Gasteiger partial charge in [-0.05, 0) is 68.4 Å². The van der Waals surface area contributed by atoms with E-state index >= 15 is 0 Å². The van der Waals surface area contributed by atoms with Crippen LogP contribution in [-0.4, -0.2) is 47.3 Å². The number of hydrogen-bond donors (Lipinski definition) is 2. The second-order valence-corrected chi connectivity index (χ2v) is 9.65. The van der Waals surface area contributed by atoms with Crippen LogP contribution in [0, 0.1) is 5.92 Å². The highest BCUT2D eigenvalue weighted by Gasteiger charge is 2.52. The van der Waals surface area contributed by atoms with E-state index in [1.807, 2.05) is 37.3 Å². The summed E-state index contributed by atoms with van der Waals surface area (Å²) in [6.07, 6.45) is 4.35.